The van der Waals surface area contributed by atoms with Crippen molar-refractivity contribution in [1.82, 2.24) is 80.4 Å². The van der Waals surface area contributed by atoms with Gasteiger partial charge in [0.05, 0.1) is 51.7 Å². The highest BCUT2D eigenvalue weighted by atomic mass is 35.5. The molecule has 2 aromatic carbocycles. The number of amides is 4. The van der Waals surface area contributed by atoms with Crippen LogP contribution in [0.15, 0.2) is 88.8 Å². The molecule has 27 nitrogen and oxygen atoms in total. The number of pyridine rings is 2. The highest BCUT2D eigenvalue weighted by Crippen LogP contribution is 2.38. The van der Waals surface area contributed by atoms with E-state index in [1.165, 1.54) is 23.7 Å². The average Bonchev–Trinajstić information content (AvgIpc) is 2.41. The van der Waals surface area contributed by atoms with Crippen LogP contribution >= 0.6 is 11.6 Å². The van der Waals surface area contributed by atoms with Gasteiger partial charge in [-0.05, 0) is 66.8 Å². The molecule has 1 unspecified atom stereocenters. The summed E-state index contributed by atoms with van der Waals surface area (Å²) in [6, 6.07) is 12.7. The monoisotopic (exact) mass is 1150 g/mol. The van der Waals surface area contributed by atoms with Crippen molar-refractivity contribution in [2.45, 2.75) is 85.4 Å². The zero-order chi connectivity index (χ0) is 59.9. The fourth-order valence-corrected chi connectivity index (χ4v) is 8.92. The Morgan fingerprint density at radius 2 is 1.40 bits per heavy atom. The van der Waals surface area contributed by atoms with Gasteiger partial charge in [0.2, 0.25) is 5.91 Å². The number of aromatic nitrogens is 14. The SMILES string of the molecule is C=CC(=O)Nc1nn(C)cc1-c1nc2nc(C(C)n3cc(NC(=O)C#CC)c(-c4nc5nccc(-c6ccc(CNC(=O)c7nc(C(C)(C)C)no7)c(Cl)c6)c5[nH]4)n3)cc(-c3ccc(CNC(=O)c4nc(C(C)(C)C)no4)c([N+](=O)[O-])c3)c2[nH]1. The first-order valence-corrected chi connectivity index (χ1v) is 26.2. The molecule has 8 aromatic heterocycles. The van der Waals surface area contributed by atoms with Gasteiger partial charge in [-0.2, -0.15) is 20.2 Å². The Morgan fingerprint density at radius 1 is 0.786 bits per heavy atom. The molecule has 0 bridgehead atoms. The summed E-state index contributed by atoms with van der Waals surface area (Å²) in [5, 5.41) is 41.3. The number of aryl methyl sites for hydroxylation is 1. The van der Waals surface area contributed by atoms with E-state index in [9.17, 15) is 29.3 Å². The first kappa shape index (κ1) is 56.5. The van der Waals surface area contributed by atoms with Crippen molar-refractivity contribution < 1.29 is 33.1 Å². The Labute approximate surface area is 481 Å². The largest absolute Gasteiger partial charge is 0.344 e. The van der Waals surface area contributed by atoms with Gasteiger partial charge in [0.25, 0.3) is 11.6 Å². The lowest BCUT2D eigenvalue weighted by Gasteiger charge is -2.14. The fraction of sp³-hybridized carbons (Fsp3) is 0.250. The molecule has 28 heteroatoms. The molecule has 6 N–H and O–H groups in total. The summed E-state index contributed by atoms with van der Waals surface area (Å²) >= 11 is 6.83. The summed E-state index contributed by atoms with van der Waals surface area (Å²) in [4.78, 5) is 98.3. The third-order valence-corrected chi connectivity index (χ3v) is 13.4. The molecule has 10 aromatic rings. The standard InChI is InChI=1S/C56H52ClN19O8/c1-11-13-40(78)61-37-26-75(70-43(37)48-65-41-32(18-19-58-46(41)67-48)28-14-16-30(35(57)20-28)23-59-49(79)51-68-53(72-83-51)55(4,5)6)27(3)36-22-33(42-47(62-36)66-44(64-42)34-25-74(10)71-45(34)63-39(77)12-2)29-15-17-31(38(21-29)76(81)82)24-60-50(80)52-69-54(73-84-52)56(7,8)9/h12,14-22,25-27H,2,23-24H2,1,3-10H3,(H,59,79)(H,60,80)(H,61,78)(H,58,65,67)(H,62,64,66)(H,63,71,77). The number of carbonyl (C=O) groups is 4. The van der Waals surface area contributed by atoms with Gasteiger partial charge in [-0.3, -0.25) is 38.7 Å². The van der Waals surface area contributed by atoms with Crippen LogP contribution in [0.5, 0.6) is 0 Å². The molecule has 0 aliphatic rings. The van der Waals surface area contributed by atoms with Gasteiger partial charge in [-0.25, -0.2) is 19.9 Å². The van der Waals surface area contributed by atoms with Crippen LogP contribution in [0.25, 0.3) is 67.5 Å². The number of nitrogens with one attached hydrogen (secondary N) is 6. The quantitative estimate of drug-likeness (QED) is 0.0229. The lowest BCUT2D eigenvalue weighted by molar-refractivity contribution is -0.385. The second-order valence-electron chi connectivity index (χ2n) is 21.3. The molecule has 0 saturated heterocycles. The Balaban J connectivity index is 1.01. The number of rotatable bonds is 16. The van der Waals surface area contributed by atoms with Gasteiger partial charge in [0, 0.05) is 64.6 Å². The van der Waals surface area contributed by atoms with Crippen molar-refractivity contribution in [2.24, 2.45) is 7.05 Å². The topological polar surface area (TPSA) is 356 Å². The number of H-pyrrole nitrogens is 2. The highest BCUT2D eigenvalue weighted by Gasteiger charge is 2.29. The molecule has 1 atom stereocenters. The van der Waals surface area contributed by atoms with E-state index < -0.39 is 45.4 Å². The maximum absolute atomic E-state index is 13.2. The Hall–Kier alpha value is -10.8. The number of carbonyl (C=O) groups excluding carboxylic acids is 4. The van der Waals surface area contributed by atoms with Gasteiger partial charge >= 0.3 is 23.6 Å². The van der Waals surface area contributed by atoms with Crippen LogP contribution < -0.4 is 21.3 Å². The number of aromatic amines is 2. The summed E-state index contributed by atoms with van der Waals surface area (Å²) in [5.41, 5.74) is 4.28. The highest BCUT2D eigenvalue weighted by molar-refractivity contribution is 6.31. The van der Waals surface area contributed by atoms with E-state index in [0.29, 0.717) is 72.4 Å². The normalized spacial score (nSPS) is 12.0. The lowest BCUT2D eigenvalue weighted by atomic mass is 9.96. The van der Waals surface area contributed by atoms with Gasteiger partial charge in [0.15, 0.2) is 40.3 Å². The maximum Gasteiger partial charge on any atom is 0.315 e. The lowest BCUT2D eigenvalue weighted by Crippen LogP contribution is -2.24. The van der Waals surface area contributed by atoms with Crippen molar-refractivity contribution in [2.75, 3.05) is 10.6 Å². The molecule has 4 amide bonds. The summed E-state index contributed by atoms with van der Waals surface area (Å²) in [6.07, 6.45) is 5.93. The number of hydrogen-bond acceptors (Lipinski definition) is 18. The zero-order valence-electron chi connectivity index (χ0n) is 46.6. The van der Waals surface area contributed by atoms with Crippen LogP contribution in [0.3, 0.4) is 0 Å². The molecule has 84 heavy (non-hydrogen) atoms. The van der Waals surface area contributed by atoms with E-state index in [0.717, 1.165) is 6.08 Å². The maximum atomic E-state index is 13.2. The van der Waals surface area contributed by atoms with Crippen molar-refractivity contribution in [3.8, 4) is 57.0 Å². The smallest absolute Gasteiger partial charge is 0.315 e. The third-order valence-electron chi connectivity index (χ3n) is 13.1. The summed E-state index contributed by atoms with van der Waals surface area (Å²) in [6.45, 7) is 18.0. The number of imidazole rings is 2. The fourth-order valence-electron chi connectivity index (χ4n) is 8.67. The number of hydrogen-bond donors (Lipinski definition) is 6. The van der Waals surface area contributed by atoms with Crippen molar-refractivity contribution >= 4 is 74.8 Å². The summed E-state index contributed by atoms with van der Waals surface area (Å²) in [5.74, 6) is 3.60. The number of nitrogens with zero attached hydrogens (tertiary/aromatic N) is 13. The molecule has 0 saturated carbocycles. The first-order valence-electron chi connectivity index (χ1n) is 25.8. The molecule has 426 valence electrons. The van der Waals surface area contributed by atoms with E-state index in [-0.39, 0.29) is 70.6 Å². The van der Waals surface area contributed by atoms with Gasteiger partial charge < -0.3 is 40.3 Å². The average molecular weight is 1150 g/mol. The van der Waals surface area contributed by atoms with E-state index in [1.54, 1.807) is 67.6 Å². The molecule has 0 radical (unpaired) electrons. The van der Waals surface area contributed by atoms with Crippen molar-refractivity contribution in [1.29, 1.82) is 0 Å². The van der Waals surface area contributed by atoms with Crippen molar-refractivity contribution in [3.05, 3.63) is 135 Å². The van der Waals surface area contributed by atoms with Crippen LogP contribution in [0.1, 0.15) is 111 Å². The Kier molecular flexibility index (Phi) is 15.0. The predicted octanol–water partition coefficient (Wildman–Crippen LogP) is 8.31. The van der Waals surface area contributed by atoms with Crippen molar-refractivity contribution in [3.63, 3.8) is 0 Å². The minimum absolute atomic E-state index is 0.0711. The Bertz CT molecular complexity index is 4370. The van der Waals surface area contributed by atoms with Crippen LogP contribution in [-0.4, -0.2) is 98.3 Å². The second kappa shape index (κ2) is 22.3. The summed E-state index contributed by atoms with van der Waals surface area (Å²) < 4.78 is 13.4. The predicted molar refractivity (Wildman–Crippen MR) is 307 cm³/mol. The molecule has 0 spiro atoms. The minimum Gasteiger partial charge on any atom is -0.344 e. The van der Waals surface area contributed by atoms with Gasteiger partial charge in [0.1, 0.15) is 5.82 Å². The molecular weight excluding hydrogens is 1100 g/mol. The number of nitro benzene ring substituents is 1. The van der Waals surface area contributed by atoms with Crippen LogP contribution in [0.4, 0.5) is 17.2 Å². The number of halogens is 1. The molecule has 10 rings (SSSR count). The Morgan fingerprint density at radius 3 is 2.02 bits per heavy atom. The van der Waals surface area contributed by atoms with Crippen LogP contribution in [0.2, 0.25) is 5.02 Å². The zero-order valence-corrected chi connectivity index (χ0v) is 47.3. The molecular formula is C56H52ClN19O8. The van der Waals surface area contributed by atoms with Gasteiger partial charge in [-0.15, -0.1) is 0 Å². The number of anilines is 2. The molecule has 0 fully saturated rings. The van der Waals surface area contributed by atoms with E-state index in [1.807, 2.05) is 47.6 Å². The summed E-state index contributed by atoms with van der Waals surface area (Å²) in [7, 11) is 1.67. The van der Waals surface area contributed by atoms with E-state index >= 15 is 0 Å². The molecule has 0 aliphatic heterocycles. The van der Waals surface area contributed by atoms with Crippen LogP contribution in [0, 0.1) is 22.0 Å². The number of nitro groups is 1. The number of fused-ring (bicyclic) bond motifs is 2. The second-order valence-corrected chi connectivity index (χ2v) is 21.7. The van der Waals surface area contributed by atoms with Crippen LogP contribution in [-0.2, 0) is 40.6 Å². The molecule has 8 heterocycles. The number of benzene rings is 2. The minimum atomic E-state index is -0.750. The van der Waals surface area contributed by atoms with Gasteiger partial charge in [-0.1, -0.05) is 94.2 Å². The first-order chi connectivity index (χ1) is 40.0. The van der Waals surface area contributed by atoms with E-state index in [2.05, 4.69) is 80.0 Å². The molecule has 0 aliphatic carbocycles. The van der Waals surface area contributed by atoms with E-state index in [4.69, 9.17) is 40.7 Å². The third kappa shape index (κ3) is 11.6.